The number of aliphatic hydroxyl groups is 1. The fraction of sp³-hybridized carbons (Fsp3) is 0.800. The van der Waals surface area contributed by atoms with Gasteiger partial charge in [-0.2, -0.15) is 5.10 Å². The molecule has 1 unspecified atom stereocenters. The van der Waals surface area contributed by atoms with Crippen LogP contribution in [0.2, 0.25) is 0 Å². The van der Waals surface area contributed by atoms with E-state index in [0.29, 0.717) is 6.04 Å². The number of piperazine rings is 1. The SMILES string of the molecule is Cc1c(CN2CC3CCCN3C[C@@H]2CCO)cnn1C. The normalized spacial score (nSPS) is 27.9. The maximum Gasteiger partial charge on any atom is 0.0537 e. The van der Waals surface area contributed by atoms with Gasteiger partial charge in [-0.3, -0.25) is 14.5 Å². The molecule has 1 aromatic heterocycles. The van der Waals surface area contributed by atoms with Gasteiger partial charge in [-0.1, -0.05) is 0 Å². The Hall–Kier alpha value is -0.910. The first-order valence-corrected chi connectivity index (χ1v) is 7.75. The minimum atomic E-state index is 0.283. The molecule has 0 spiro atoms. The summed E-state index contributed by atoms with van der Waals surface area (Å²) < 4.78 is 1.95. The quantitative estimate of drug-likeness (QED) is 0.883. The Morgan fingerprint density at radius 3 is 2.95 bits per heavy atom. The lowest BCUT2D eigenvalue weighted by Gasteiger charge is -2.43. The number of fused-ring (bicyclic) bond motifs is 1. The lowest BCUT2D eigenvalue weighted by molar-refractivity contribution is 0.0332. The predicted octanol–water partition coefficient (Wildman–Crippen LogP) is 0.760. The average Bonchev–Trinajstić information content (AvgIpc) is 3.00. The van der Waals surface area contributed by atoms with Crippen molar-refractivity contribution < 1.29 is 5.11 Å². The monoisotopic (exact) mass is 278 g/mol. The van der Waals surface area contributed by atoms with Crippen LogP contribution in [0.5, 0.6) is 0 Å². The minimum absolute atomic E-state index is 0.283. The van der Waals surface area contributed by atoms with Crippen LogP contribution >= 0.6 is 0 Å². The lowest BCUT2D eigenvalue weighted by Crippen LogP contribution is -2.55. The van der Waals surface area contributed by atoms with E-state index in [0.717, 1.165) is 32.1 Å². The third kappa shape index (κ3) is 2.62. The van der Waals surface area contributed by atoms with Crippen LogP contribution < -0.4 is 0 Å². The molecule has 1 N–H and O–H groups in total. The predicted molar refractivity (Wildman–Crippen MR) is 78.4 cm³/mol. The second-order valence-electron chi connectivity index (χ2n) is 6.27. The van der Waals surface area contributed by atoms with Gasteiger partial charge in [0.15, 0.2) is 0 Å². The highest BCUT2D eigenvalue weighted by Gasteiger charge is 2.36. The highest BCUT2D eigenvalue weighted by molar-refractivity contribution is 5.16. The second-order valence-corrected chi connectivity index (χ2v) is 6.27. The third-order valence-corrected chi connectivity index (χ3v) is 5.08. The zero-order chi connectivity index (χ0) is 14.1. The topological polar surface area (TPSA) is 44.5 Å². The molecule has 0 aliphatic carbocycles. The number of rotatable bonds is 4. The van der Waals surface area contributed by atoms with Gasteiger partial charge in [0.05, 0.1) is 6.20 Å². The molecule has 0 bridgehead atoms. The van der Waals surface area contributed by atoms with Gasteiger partial charge in [0.1, 0.15) is 0 Å². The van der Waals surface area contributed by atoms with E-state index in [9.17, 15) is 5.11 Å². The van der Waals surface area contributed by atoms with Crippen molar-refractivity contribution in [3.05, 3.63) is 17.5 Å². The van der Waals surface area contributed by atoms with Crippen molar-refractivity contribution in [3.63, 3.8) is 0 Å². The summed E-state index contributed by atoms with van der Waals surface area (Å²) in [5.74, 6) is 0. The summed E-state index contributed by atoms with van der Waals surface area (Å²) in [5.41, 5.74) is 2.57. The van der Waals surface area contributed by atoms with Crippen LogP contribution in [-0.2, 0) is 13.6 Å². The molecule has 112 valence electrons. The van der Waals surface area contributed by atoms with E-state index < -0.39 is 0 Å². The van der Waals surface area contributed by atoms with Gasteiger partial charge in [-0.05, 0) is 32.7 Å². The Bertz CT molecular complexity index is 459. The van der Waals surface area contributed by atoms with E-state index in [2.05, 4.69) is 21.8 Å². The third-order valence-electron chi connectivity index (χ3n) is 5.08. The lowest BCUT2D eigenvalue weighted by atomic mass is 10.0. The van der Waals surface area contributed by atoms with E-state index in [-0.39, 0.29) is 6.61 Å². The van der Waals surface area contributed by atoms with Crippen LogP contribution in [0.1, 0.15) is 30.5 Å². The van der Waals surface area contributed by atoms with Crippen molar-refractivity contribution in [3.8, 4) is 0 Å². The van der Waals surface area contributed by atoms with E-state index >= 15 is 0 Å². The summed E-state index contributed by atoms with van der Waals surface area (Å²) in [7, 11) is 2.00. The molecule has 0 radical (unpaired) electrons. The number of aryl methyl sites for hydroxylation is 1. The fourth-order valence-corrected chi connectivity index (χ4v) is 3.68. The Morgan fingerprint density at radius 2 is 2.25 bits per heavy atom. The molecular formula is C15H26N4O. The van der Waals surface area contributed by atoms with Crippen LogP contribution in [0, 0.1) is 6.92 Å². The summed E-state index contributed by atoms with van der Waals surface area (Å²) in [4.78, 5) is 5.18. The van der Waals surface area contributed by atoms with Crippen LogP contribution in [0.25, 0.3) is 0 Å². The molecule has 2 fully saturated rings. The largest absolute Gasteiger partial charge is 0.396 e. The molecule has 2 aliphatic heterocycles. The summed E-state index contributed by atoms with van der Waals surface area (Å²) in [6.07, 6.45) is 5.53. The van der Waals surface area contributed by atoms with Crippen molar-refractivity contribution in [2.45, 2.75) is 44.8 Å². The number of hydrogen-bond donors (Lipinski definition) is 1. The first kappa shape index (κ1) is 14.0. The molecule has 5 nitrogen and oxygen atoms in total. The highest BCUT2D eigenvalue weighted by atomic mass is 16.3. The molecule has 1 aromatic rings. The molecule has 20 heavy (non-hydrogen) atoms. The van der Waals surface area contributed by atoms with Crippen molar-refractivity contribution in [2.75, 3.05) is 26.2 Å². The van der Waals surface area contributed by atoms with E-state index in [1.807, 2.05) is 17.9 Å². The molecule has 0 aromatic carbocycles. The molecule has 0 saturated carbocycles. The second kappa shape index (κ2) is 5.84. The van der Waals surface area contributed by atoms with Gasteiger partial charge in [-0.15, -0.1) is 0 Å². The van der Waals surface area contributed by atoms with Crippen LogP contribution in [0.4, 0.5) is 0 Å². The van der Waals surface area contributed by atoms with Crippen molar-refractivity contribution >= 4 is 0 Å². The molecule has 5 heteroatoms. The average molecular weight is 278 g/mol. The van der Waals surface area contributed by atoms with Crippen molar-refractivity contribution in [2.24, 2.45) is 7.05 Å². The van der Waals surface area contributed by atoms with Gasteiger partial charge in [0, 0.05) is 56.6 Å². The minimum Gasteiger partial charge on any atom is -0.396 e. The molecule has 3 rings (SSSR count). The Labute approximate surface area is 121 Å². The first-order valence-electron chi connectivity index (χ1n) is 7.75. The van der Waals surface area contributed by atoms with E-state index in [1.165, 1.54) is 30.6 Å². The Kier molecular flexibility index (Phi) is 4.10. The Balaban J connectivity index is 1.73. The van der Waals surface area contributed by atoms with Gasteiger partial charge in [-0.25, -0.2) is 0 Å². The van der Waals surface area contributed by atoms with Crippen LogP contribution in [-0.4, -0.2) is 63.0 Å². The zero-order valence-electron chi connectivity index (χ0n) is 12.6. The molecular weight excluding hydrogens is 252 g/mol. The summed E-state index contributed by atoms with van der Waals surface area (Å²) >= 11 is 0. The molecule has 2 saturated heterocycles. The van der Waals surface area contributed by atoms with Crippen LogP contribution in [0.15, 0.2) is 6.20 Å². The van der Waals surface area contributed by atoms with E-state index in [4.69, 9.17) is 0 Å². The number of hydrogen-bond acceptors (Lipinski definition) is 4. The van der Waals surface area contributed by atoms with Gasteiger partial charge in [0.25, 0.3) is 0 Å². The smallest absolute Gasteiger partial charge is 0.0537 e. The van der Waals surface area contributed by atoms with Crippen molar-refractivity contribution in [1.82, 2.24) is 19.6 Å². The maximum absolute atomic E-state index is 9.34. The number of aliphatic hydroxyl groups excluding tert-OH is 1. The zero-order valence-corrected chi connectivity index (χ0v) is 12.6. The Morgan fingerprint density at radius 1 is 1.40 bits per heavy atom. The summed E-state index contributed by atoms with van der Waals surface area (Å²) in [6.45, 7) is 6.88. The highest BCUT2D eigenvalue weighted by Crippen LogP contribution is 2.27. The summed E-state index contributed by atoms with van der Waals surface area (Å²) in [6, 6.07) is 1.20. The standard InChI is InChI=1S/C15H26N4O/c1-12-13(8-16-17(12)2)9-19-11-14-4-3-6-18(14)10-15(19)5-7-20/h8,14-15,20H,3-7,9-11H2,1-2H3/t14?,15-/m0/s1. The van der Waals surface area contributed by atoms with Crippen LogP contribution in [0.3, 0.4) is 0 Å². The van der Waals surface area contributed by atoms with Gasteiger partial charge < -0.3 is 5.11 Å². The molecule has 2 atom stereocenters. The number of aromatic nitrogens is 2. The fourth-order valence-electron chi connectivity index (χ4n) is 3.68. The van der Waals surface area contributed by atoms with Gasteiger partial charge in [0.2, 0.25) is 0 Å². The van der Waals surface area contributed by atoms with Gasteiger partial charge >= 0.3 is 0 Å². The molecule has 3 heterocycles. The first-order chi connectivity index (χ1) is 9.69. The molecule has 2 aliphatic rings. The van der Waals surface area contributed by atoms with Crippen molar-refractivity contribution in [1.29, 1.82) is 0 Å². The number of nitrogens with zero attached hydrogens (tertiary/aromatic N) is 4. The molecule has 0 amide bonds. The van der Waals surface area contributed by atoms with E-state index in [1.54, 1.807) is 0 Å². The maximum atomic E-state index is 9.34. The summed E-state index contributed by atoms with van der Waals surface area (Å²) in [5, 5.41) is 13.7.